The second-order valence-corrected chi connectivity index (χ2v) is 4.93. The smallest absolute Gasteiger partial charge is 0.0593 e. The lowest BCUT2D eigenvalue weighted by Crippen LogP contribution is -2.00. The van der Waals surface area contributed by atoms with Gasteiger partial charge in [0.25, 0.3) is 0 Å². The Kier molecular flexibility index (Phi) is 4.73. The van der Waals surface area contributed by atoms with E-state index in [1.165, 1.54) is 5.56 Å². The van der Waals surface area contributed by atoms with Gasteiger partial charge in [-0.1, -0.05) is 12.1 Å². The van der Waals surface area contributed by atoms with E-state index in [0.717, 1.165) is 35.2 Å². The average Bonchev–Trinajstić information content (AvgIpc) is 2.40. The molecule has 4 heteroatoms. The molecule has 0 aliphatic carbocycles. The van der Waals surface area contributed by atoms with Crippen LogP contribution in [-0.4, -0.2) is 11.5 Å². The van der Waals surface area contributed by atoms with Crippen molar-refractivity contribution in [3.8, 4) is 0 Å². The van der Waals surface area contributed by atoms with Gasteiger partial charge in [0.05, 0.1) is 10.2 Å². The van der Waals surface area contributed by atoms with Crippen LogP contribution in [0.3, 0.4) is 0 Å². The molecule has 0 bridgehead atoms. The van der Waals surface area contributed by atoms with Gasteiger partial charge in [-0.15, -0.1) is 0 Å². The molecule has 3 nitrogen and oxygen atoms in total. The van der Waals surface area contributed by atoms with Crippen LogP contribution in [0, 0.1) is 0 Å². The standard InChI is InChI=1S/C14H16BrN3/c15-13-10-17-8-6-14(13)18-12-5-1-3-11(9-12)4-2-7-16/h1,3,5-6,8-10H,2,4,7,16H2,(H,17,18). The number of nitrogens with zero attached hydrogens (tertiary/aromatic N) is 1. The van der Waals surface area contributed by atoms with Crippen molar-refractivity contribution < 1.29 is 0 Å². The predicted molar refractivity (Wildman–Crippen MR) is 79.0 cm³/mol. The summed E-state index contributed by atoms with van der Waals surface area (Å²) in [4.78, 5) is 4.04. The first kappa shape index (κ1) is 13.1. The third-order valence-corrected chi connectivity index (χ3v) is 3.28. The molecule has 0 aliphatic rings. The van der Waals surface area contributed by atoms with Crippen LogP contribution in [0.5, 0.6) is 0 Å². The van der Waals surface area contributed by atoms with E-state index < -0.39 is 0 Å². The summed E-state index contributed by atoms with van der Waals surface area (Å²) in [5.41, 5.74) is 8.93. The van der Waals surface area contributed by atoms with E-state index in [2.05, 4.69) is 50.5 Å². The molecule has 0 saturated heterocycles. The van der Waals surface area contributed by atoms with Crippen LogP contribution in [0.15, 0.2) is 47.2 Å². The molecule has 0 atom stereocenters. The van der Waals surface area contributed by atoms with Crippen LogP contribution in [0.4, 0.5) is 11.4 Å². The normalized spacial score (nSPS) is 10.3. The number of pyridine rings is 1. The van der Waals surface area contributed by atoms with Gasteiger partial charge in [0.1, 0.15) is 0 Å². The first-order valence-electron chi connectivity index (χ1n) is 5.95. The molecular formula is C14H16BrN3. The summed E-state index contributed by atoms with van der Waals surface area (Å²) < 4.78 is 0.956. The fourth-order valence-corrected chi connectivity index (χ4v) is 2.09. The summed E-state index contributed by atoms with van der Waals surface area (Å²) in [5, 5.41) is 3.37. The highest BCUT2D eigenvalue weighted by molar-refractivity contribution is 9.10. The lowest BCUT2D eigenvalue weighted by atomic mass is 10.1. The molecule has 1 heterocycles. The van der Waals surface area contributed by atoms with Gasteiger partial charge in [0.15, 0.2) is 0 Å². The van der Waals surface area contributed by atoms with Crippen LogP contribution >= 0.6 is 15.9 Å². The maximum atomic E-state index is 5.53. The summed E-state index contributed by atoms with van der Waals surface area (Å²) in [6, 6.07) is 10.3. The maximum absolute atomic E-state index is 5.53. The van der Waals surface area contributed by atoms with Gasteiger partial charge in [-0.3, -0.25) is 4.98 Å². The maximum Gasteiger partial charge on any atom is 0.0593 e. The van der Waals surface area contributed by atoms with Crippen LogP contribution in [0.1, 0.15) is 12.0 Å². The number of hydrogen-bond acceptors (Lipinski definition) is 3. The third-order valence-electron chi connectivity index (χ3n) is 2.65. The van der Waals surface area contributed by atoms with Crippen molar-refractivity contribution in [1.29, 1.82) is 0 Å². The van der Waals surface area contributed by atoms with Gasteiger partial charge in [-0.2, -0.15) is 0 Å². The van der Waals surface area contributed by atoms with E-state index >= 15 is 0 Å². The minimum Gasteiger partial charge on any atom is -0.355 e. The molecule has 3 N–H and O–H groups in total. The summed E-state index contributed by atoms with van der Waals surface area (Å²) in [6.45, 7) is 0.730. The molecule has 0 fully saturated rings. The number of nitrogens with two attached hydrogens (primary N) is 1. The number of nitrogens with one attached hydrogen (secondary N) is 1. The Balaban J connectivity index is 2.12. The molecule has 2 rings (SSSR count). The van der Waals surface area contributed by atoms with E-state index in [4.69, 9.17) is 5.73 Å². The predicted octanol–water partition coefficient (Wildman–Crippen LogP) is 3.48. The van der Waals surface area contributed by atoms with Crippen molar-refractivity contribution in [1.82, 2.24) is 4.98 Å². The quantitative estimate of drug-likeness (QED) is 0.889. The number of rotatable bonds is 5. The molecule has 1 aromatic carbocycles. The fourth-order valence-electron chi connectivity index (χ4n) is 1.74. The Hall–Kier alpha value is -1.39. The highest BCUT2D eigenvalue weighted by Gasteiger charge is 2.00. The van der Waals surface area contributed by atoms with E-state index in [-0.39, 0.29) is 0 Å². The molecule has 0 spiro atoms. The Morgan fingerprint density at radius 3 is 2.94 bits per heavy atom. The first-order valence-corrected chi connectivity index (χ1v) is 6.74. The zero-order valence-corrected chi connectivity index (χ0v) is 11.7. The van der Waals surface area contributed by atoms with Crippen molar-refractivity contribution in [2.45, 2.75) is 12.8 Å². The molecule has 0 aliphatic heterocycles. The molecule has 18 heavy (non-hydrogen) atoms. The Morgan fingerprint density at radius 1 is 1.28 bits per heavy atom. The van der Waals surface area contributed by atoms with Gasteiger partial charge in [0.2, 0.25) is 0 Å². The van der Waals surface area contributed by atoms with Crippen LogP contribution in [-0.2, 0) is 6.42 Å². The molecular weight excluding hydrogens is 290 g/mol. The van der Waals surface area contributed by atoms with Gasteiger partial charge >= 0.3 is 0 Å². The Bertz CT molecular complexity index is 514. The SMILES string of the molecule is NCCCc1cccc(Nc2ccncc2Br)c1. The summed E-state index contributed by atoms with van der Waals surface area (Å²) >= 11 is 3.47. The minimum absolute atomic E-state index is 0.730. The number of halogens is 1. The molecule has 1 aromatic heterocycles. The largest absolute Gasteiger partial charge is 0.355 e. The van der Waals surface area contributed by atoms with E-state index in [0.29, 0.717) is 0 Å². The van der Waals surface area contributed by atoms with Crippen LogP contribution < -0.4 is 11.1 Å². The highest BCUT2D eigenvalue weighted by Crippen LogP contribution is 2.24. The topological polar surface area (TPSA) is 50.9 Å². The Morgan fingerprint density at radius 2 is 2.17 bits per heavy atom. The molecule has 94 valence electrons. The summed E-state index contributed by atoms with van der Waals surface area (Å²) in [6.07, 6.45) is 5.58. The van der Waals surface area contributed by atoms with Crippen molar-refractivity contribution in [3.63, 3.8) is 0 Å². The number of aromatic nitrogens is 1. The molecule has 0 amide bonds. The highest BCUT2D eigenvalue weighted by atomic mass is 79.9. The zero-order chi connectivity index (χ0) is 12.8. The molecule has 0 saturated carbocycles. The van der Waals surface area contributed by atoms with Crippen LogP contribution in [0.2, 0.25) is 0 Å². The molecule has 2 aromatic rings. The number of benzene rings is 1. The monoisotopic (exact) mass is 305 g/mol. The first-order chi connectivity index (χ1) is 8.79. The van der Waals surface area contributed by atoms with Gasteiger partial charge < -0.3 is 11.1 Å². The lowest BCUT2D eigenvalue weighted by Gasteiger charge is -2.09. The van der Waals surface area contributed by atoms with E-state index in [1.807, 2.05) is 6.07 Å². The summed E-state index contributed by atoms with van der Waals surface area (Å²) in [7, 11) is 0. The third kappa shape index (κ3) is 3.55. The van der Waals surface area contributed by atoms with Gasteiger partial charge in [0, 0.05) is 18.1 Å². The lowest BCUT2D eigenvalue weighted by molar-refractivity contribution is 0.833. The second kappa shape index (κ2) is 6.52. The number of aryl methyl sites for hydroxylation is 1. The zero-order valence-electron chi connectivity index (χ0n) is 10.1. The fraction of sp³-hybridized carbons (Fsp3) is 0.214. The molecule has 0 radical (unpaired) electrons. The Labute approximate surface area is 116 Å². The second-order valence-electron chi connectivity index (χ2n) is 4.07. The van der Waals surface area contributed by atoms with Crippen molar-refractivity contribution in [2.24, 2.45) is 5.73 Å². The minimum atomic E-state index is 0.730. The van der Waals surface area contributed by atoms with Gasteiger partial charge in [-0.05, 0) is 59.1 Å². The van der Waals surface area contributed by atoms with E-state index in [1.54, 1.807) is 12.4 Å². The number of anilines is 2. The van der Waals surface area contributed by atoms with Crippen molar-refractivity contribution >= 4 is 27.3 Å². The van der Waals surface area contributed by atoms with Crippen molar-refractivity contribution in [3.05, 3.63) is 52.8 Å². The van der Waals surface area contributed by atoms with Crippen LogP contribution in [0.25, 0.3) is 0 Å². The summed E-state index contributed by atoms with van der Waals surface area (Å²) in [5.74, 6) is 0. The van der Waals surface area contributed by atoms with Crippen molar-refractivity contribution in [2.75, 3.05) is 11.9 Å². The number of hydrogen-bond donors (Lipinski definition) is 2. The average molecular weight is 306 g/mol. The van der Waals surface area contributed by atoms with E-state index in [9.17, 15) is 0 Å². The van der Waals surface area contributed by atoms with Gasteiger partial charge in [-0.25, -0.2) is 0 Å². The molecule has 0 unspecified atom stereocenters.